The second-order valence-electron chi connectivity index (χ2n) is 4.80. The molecule has 16 heavy (non-hydrogen) atoms. The molecule has 1 saturated heterocycles. The summed E-state index contributed by atoms with van der Waals surface area (Å²) in [6, 6.07) is 0.129. The first-order valence-corrected chi connectivity index (χ1v) is 6.07. The average Bonchev–Trinajstić information content (AvgIpc) is 2.29. The lowest BCUT2D eigenvalue weighted by Crippen LogP contribution is -2.48. The van der Waals surface area contributed by atoms with Crippen LogP contribution in [0, 0.1) is 17.8 Å². The average molecular weight is 222 g/mol. The van der Waals surface area contributed by atoms with Gasteiger partial charge in [-0.05, 0) is 32.4 Å². The molecule has 1 fully saturated rings. The number of hydrogen-bond donors (Lipinski definition) is 2. The van der Waals surface area contributed by atoms with Crippen LogP contribution < -0.4 is 10.6 Å². The highest BCUT2D eigenvalue weighted by Gasteiger charge is 2.35. The molecular formula is C13H22N2O. The lowest BCUT2D eigenvalue weighted by atomic mass is 9.80. The van der Waals surface area contributed by atoms with Crippen molar-refractivity contribution in [3.63, 3.8) is 0 Å². The summed E-state index contributed by atoms with van der Waals surface area (Å²) in [7, 11) is 0. The summed E-state index contributed by atoms with van der Waals surface area (Å²) >= 11 is 0. The topological polar surface area (TPSA) is 41.1 Å². The first kappa shape index (κ1) is 13.1. The Kier molecular flexibility index (Phi) is 4.82. The highest BCUT2D eigenvalue weighted by atomic mass is 16.2. The van der Waals surface area contributed by atoms with E-state index in [0.717, 1.165) is 32.4 Å². The molecule has 1 aliphatic rings. The second kappa shape index (κ2) is 5.91. The van der Waals surface area contributed by atoms with Crippen LogP contribution in [0.4, 0.5) is 0 Å². The number of rotatable bonds is 4. The fourth-order valence-electron chi connectivity index (χ4n) is 2.00. The summed E-state index contributed by atoms with van der Waals surface area (Å²) in [5.41, 5.74) is -0.215. The fraction of sp³-hybridized carbons (Fsp3) is 0.769. The molecule has 90 valence electrons. The van der Waals surface area contributed by atoms with E-state index in [4.69, 9.17) is 6.42 Å². The Hall–Kier alpha value is -1.01. The second-order valence-corrected chi connectivity index (χ2v) is 4.80. The van der Waals surface area contributed by atoms with Crippen molar-refractivity contribution >= 4 is 5.91 Å². The van der Waals surface area contributed by atoms with Gasteiger partial charge in [-0.15, -0.1) is 12.3 Å². The third kappa shape index (κ3) is 3.24. The Morgan fingerprint density at radius 1 is 1.56 bits per heavy atom. The maximum atomic E-state index is 12.2. The van der Waals surface area contributed by atoms with Crippen LogP contribution in [0.5, 0.6) is 0 Å². The van der Waals surface area contributed by atoms with E-state index in [1.54, 1.807) is 0 Å². The maximum Gasteiger partial charge on any atom is 0.226 e. The molecule has 1 unspecified atom stereocenters. The van der Waals surface area contributed by atoms with Crippen molar-refractivity contribution < 1.29 is 4.79 Å². The molecule has 0 aliphatic carbocycles. The molecule has 3 nitrogen and oxygen atoms in total. The number of carbonyl (C=O) groups excluding carboxylic acids is 1. The van der Waals surface area contributed by atoms with Crippen LogP contribution in [0.15, 0.2) is 0 Å². The van der Waals surface area contributed by atoms with Crippen molar-refractivity contribution in [1.82, 2.24) is 10.6 Å². The first-order valence-electron chi connectivity index (χ1n) is 6.07. The van der Waals surface area contributed by atoms with E-state index in [1.165, 1.54) is 0 Å². The van der Waals surface area contributed by atoms with Gasteiger partial charge >= 0.3 is 0 Å². The fourth-order valence-corrected chi connectivity index (χ4v) is 2.00. The van der Waals surface area contributed by atoms with Gasteiger partial charge in [-0.25, -0.2) is 0 Å². The first-order chi connectivity index (χ1) is 7.62. The van der Waals surface area contributed by atoms with Crippen LogP contribution in [0.2, 0.25) is 0 Å². The van der Waals surface area contributed by atoms with Crippen LogP contribution in [0.25, 0.3) is 0 Å². The van der Waals surface area contributed by atoms with E-state index in [2.05, 4.69) is 16.6 Å². The molecule has 0 aromatic carbocycles. The molecule has 2 N–H and O–H groups in total. The van der Waals surface area contributed by atoms with Crippen molar-refractivity contribution in [3.8, 4) is 12.3 Å². The van der Waals surface area contributed by atoms with E-state index in [0.29, 0.717) is 6.42 Å². The zero-order chi connectivity index (χ0) is 12.0. The molecular weight excluding hydrogens is 200 g/mol. The molecule has 0 aromatic rings. The molecule has 3 heteroatoms. The number of terminal acetylenes is 1. The summed E-state index contributed by atoms with van der Waals surface area (Å²) in [4.78, 5) is 12.2. The predicted octanol–water partition coefficient (Wildman–Crippen LogP) is 1.29. The van der Waals surface area contributed by atoms with Gasteiger partial charge < -0.3 is 10.6 Å². The maximum absolute atomic E-state index is 12.2. The molecule has 0 aromatic heterocycles. The van der Waals surface area contributed by atoms with Gasteiger partial charge in [-0.3, -0.25) is 4.79 Å². The quantitative estimate of drug-likeness (QED) is 0.704. The van der Waals surface area contributed by atoms with Crippen LogP contribution in [0.1, 0.15) is 39.5 Å². The number of amides is 1. The molecule has 1 amide bonds. The smallest absolute Gasteiger partial charge is 0.226 e. The van der Waals surface area contributed by atoms with Gasteiger partial charge in [0.1, 0.15) is 0 Å². The highest BCUT2D eigenvalue weighted by molar-refractivity contribution is 5.82. The van der Waals surface area contributed by atoms with Gasteiger partial charge in [0.05, 0.1) is 0 Å². The van der Waals surface area contributed by atoms with Crippen molar-refractivity contribution in [1.29, 1.82) is 0 Å². The zero-order valence-electron chi connectivity index (χ0n) is 10.3. The van der Waals surface area contributed by atoms with Gasteiger partial charge in [0.15, 0.2) is 0 Å². The van der Waals surface area contributed by atoms with Crippen LogP contribution in [-0.4, -0.2) is 25.0 Å². The number of nitrogens with one attached hydrogen (secondary N) is 2. The molecule has 0 bridgehead atoms. The summed E-state index contributed by atoms with van der Waals surface area (Å²) < 4.78 is 0. The van der Waals surface area contributed by atoms with Crippen molar-refractivity contribution in [2.75, 3.05) is 13.1 Å². The minimum atomic E-state index is -0.215. The summed E-state index contributed by atoms with van der Waals surface area (Å²) in [5, 5.41) is 6.34. The van der Waals surface area contributed by atoms with Gasteiger partial charge in [0.2, 0.25) is 5.91 Å². The Morgan fingerprint density at radius 2 is 2.19 bits per heavy atom. The summed E-state index contributed by atoms with van der Waals surface area (Å²) in [6.07, 6.45) is 8.61. The van der Waals surface area contributed by atoms with Crippen molar-refractivity contribution in [2.45, 2.75) is 45.6 Å². The number of hydrogen-bond acceptors (Lipinski definition) is 2. The predicted molar refractivity (Wildman–Crippen MR) is 65.9 cm³/mol. The summed E-state index contributed by atoms with van der Waals surface area (Å²) in [5.74, 6) is 2.78. The van der Waals surface area contributed by atoms with Gasteiger partial charge in [-0.2, -0.15) is 0 Å². The van der Waals surface area contributed by atoms with Crippen molar-refractivity contribution in [3.05, 3.63) is 0 Å². The molecule has 0 spiro atoms. The molecule has 1 rings (SSSR count). The SMILES string of the molecule is C#CCC(CC)NC(=O)C1(C)CCNCC1. The normalized spacial score (nSPS) is 20.8. The number of carbonyl (C=O) groups is 1. The van der Waals surface area contributed by atoms with Crippen LogP contribution in [-0.2, 0) is 4.79 Å². The van der Waals surface area contributed by atoms with E-state index >= 15 is 0 Å². The lowest BCUT2D eigenvalue weighted by molar-refractivity contribution is -0.132. The molecule has 1 aliphatic heterocycles. The minimum absolute atomic E-state index is 0.129. The minimum Gasteiger partial charge on any atom is -0.352 e. The van der Waals surface area contributed by atoms with Crippen LogP contribution >= 0.6 is 0 Å². The van der Waals surface area contributed by atoms with E-state index < -0.39 is 0 Å². The molecule has 0 saturated carbocycles. The van der Waals surface area contributed by atoms with Crippen LogP contribution in [0.3, 0.4) is 0 Å². The Labute approximate surface area is 98.4 Å². The molecule has 0 radical (unpaired) electrons. The van der Waals surface area contributed by atoms with Crippen molar-refractivity contribution in [2.24, 2.45) is 5.41 Å². The van der Waals surface area contributed by atoms with Gasteiger partial charge in [0.25, 0.3) is 0 Å². The Morgan fingerprint density at radius 3 is 2.69 bits per heavy atom. The third-order valence-electron chi connectivity index (χ3n) is 3.45. The summed E-state index contributed by atoms with van der Waals surface area (Å²) in [6.45, 7) is 5.95. The number of piperidine rings is 1. The van der Waals surface area contributed by atoms with E-state index in [1.807, 2.05) is 13.8 Å². The Bertz CT molecular complexity index is 274. The lowest BCUT2D eigenvalue weighted by Gasteiger charge is -2.33. The molecule has 1 atom stereocenters. The van der Waals surface area contributed by atoms with E-state index in [9.17, 15) is 4.79 Å². The monoisotopic (exact) mass is 222 g/mol. The molecule has 1 heterocycles. The largest absolute Gasteiger partial charge is 0.352 e. The van der Waals surface area contributed by atoms with E-state index in [-0.39, 0.29) is 17.4 Å². The third-order valence-corrected chi connectivity index (χ3v) is 3.45. The van der Waals surface area contributed by atoms with Gasteiger partial charge in [-0.1, -0.05) is 13.8 Å². The van der Waals surface area contributed by atoms with Gasteiger partial charge in [0, 0.05) is 17.9 Å². The standard InChI is InChI=1S/C13H22N2O/c1-4-6-11(5-2)15-12(16)13(3)7-9-14-10-8-13/h1,11,14H,5-10H2,2-3H3,(H,15,16). The Balaban J connectivity index is 2.52. The highest BCUT2D eigenvalue weighted by Crippen LogP contribution is 2.28. The zero-order valence-corrected chi connectivity index (χ0v) is 10.3.